The molecule has 1 amide bonds. The normalized spacial score (nSPS) is 10.3. The van der Waals surface area contributed by atoms with E-state index in [1.807, 2.05) is 0 Å². The Kier molecular flexibility index (Phi) is 3.66. The van der Waals surface area contributed by atoms with Crippen LogP contribution in [0.5, 0.6) is 0 Å². The van der Waals surface area contributed by atoms with E-state index in [1.54, 1.807) is 12.1 Å². The van der Waals surface area contributed by atoms with Gasteiger partial charge in [0.05, 0.1) is 22.0 Å². The van der Waals surface area contributed by atoms with E-state index in [2.05, 4.69) is 5.32 Å². The van der Waals surface area contributed by atoms with Gasteiger partial charge in [-0.2, -0.15) is 0 Å². The van der Waals surface area contributed by atoms with E-state index in [9.17, 15) is 13.6 Å². The number of nitrogens with one attached hydrogen (secondary N) is 1. The second kappa shape index (κ2) is 5.24. The summed E-state index contributed by atoms with van der Waals surface area (Å²) in [5.74, 6) is -2.39. The van der Waals surface area contributed by atoms with E-state index in [-0.39, 0.29) is 22.0 Å². The van der Waals surface area contributed by atoms with Crippen molar-refractivity contribution in [3.05, 3.63) is 58.6 Å². The van der Waals surface area contributed by atoms with Crippen LogP contribution in [0.3, 0.4) is 0 Å². The third-order valence-corrected chi connectivity index (χ3v) is 2.78. The van der Waals surface area contributed by atoms with Crippen LogP contribution in [0, 0.1) is 11.6 Å². The van der Waals surface area contributed by atoms with E-state index in [4.69, 9.17) is 17.3 Å². The monoisotopic (exact) mass is 282 g/mol. The van der Waals surface area contributed by atoms with Crippen LogP contribution in [0.15, 0.2) is 36.4 Å². The first-order chi connectivity index (χ1) is 8.99. The highest BCUT2D eigenvalue weighted by Crippen LogP contribution is 2.23. The summed E-state index contributed by atoms with van der Waals surface area (Å²) in [4.78, 5) is 11.9. The molecule has 0 bridgehead atoms. The minimum Gasteiger partial charge on any atom is -0.396 e. The molecule has 0 fully saturated rings. The molecule has 0 saturated heterocycles. The van der Waals surface area contributed by atoms with E-state index in [1.165, 1.54) is 12.1 Å². The third-order valence-electron chi connectivity index (χ3n) is 2.45. The summed E-state index contributed by atoms with van der Waals surface area (Å²) in [5, 5.41) is 2.52. The smallest absolute Gasteiger partial charge is 0.257 e. The van der Waals surface area contributed by atoms with Crippen molar-refractivity contribution in [1.82, 2.24) is 0 Å². The van der Waals surface area contributed by atoms with Gasteiger partial charge in [-0.25, -0.2) is 8.78 Å². The van der Waals surface area contributed by atoms with Crippen molar-refractivity contribution in [2.24, 2.45) is 0 Å². The molecule has 0 heterocycles. The number of carbonyl (C=O) groups excluding carboxylic acids is 1. The highest BCUT2D eigenvalue weighted by Gasteiger charge is 2.14. The lowest BCUT2D eigenvalue weighted by Crippen LogP contribution is -2.14. The summed E-state index contributed by atoms with van der Waals surface area (Å²) in [6.45, 7) is 0. The van der Waals surface area contributed by atoms with Crippen LogP contribution in [-0.2, 0) is 0 Å². The summed E-state index contributed by atoms with van der Waals surface area (Å²) in [6, 6.07) is 7.93. The summed E-state index contributed by atoms with van der Waals surface area (Å²) >= 11 is 5.84. The SMILES string of the molecule is Nc1cc(NC(=O)c2ccccc2Cl)c(F)cc1F. The molecule has 3 nitrogen and oxygen atoms in total. The molecule has 0 unspecified atom stereocenters. The number of anilines is 2. The first kappa shape index (κ1) is 13.3. The van der Waals surface area contributed by atoms with Crippen LogP contribution in [0.4, 0.5) is 20.2 Å². The molecule has 0 radical (unpaired) electrons. The Bertz CT molecular complexity index is 647. The molecule has 0 aliphatic carbocycles. The second-order valence-corrected chi connectivity index (χ2v) is 4.19. The molecule has 2 rings (SSSR count). The lowest BCUT2D eigenvalue weighted by atomic mass is 10.2. The molecule has 6 heteroatoms. The fraction of sp³-hybridized carbons (Fsp3) is 0. The average Bonchev–Trinajstić information content (AvgIpc) is 2.36. The molecular formula is C13H9ClF2N2O. The molecule has 19 heavy (non-hydrogen) atoms. The fourth-order valence-electron chi connectivity index (χ4n) is 1.50. The molecule has 0 saturated carbocycles. The van der Waals surface area contributed by atoms with Gasteiger partial charge in [-0.1, -0.05) is 23.7 Å². The molecule has 98 valence electrons. The summed E-state index contributed by atoms with van der Waals surface area (Å²) in [7, 11) is 0. The summed E-state index contributed by atoms with van der Waals surface area (Å²) in [5.41, 5.74) is 5.04. The predicted octanol–water partition coefficient (Wildman–Crippen LogP) is 3.45. The topological polar surface area (TPSA) is 55.1 Å². The molecule has 0 aliphatic heterocycles. The number of benzene rings is 2. The van der Waals surface area contributed by atoms with Crippen molar-refractivity contribution in [1.29, 1.82) is 0 Å². The van der Waals surface area contributed by atoms with Crippen LogP contribution in [0.1, 0.15) is 10.4 Å². The van der Waals surface area contributed by atoms with Crippen LogP contribution >= 0.6 is 11.6 Å². The van der Waals surface area contributed by atoms with Crippen molar-refractivity contribution in [2.75, 3.05) is 11.1 Å². The number of halogens is 3. The average molecular weight is 283 g/mol. The summed E-state index contributed by atoms with van der Waals surface area (Å²) in [6.07, 6.45) is 0. The van der Waals surface area contributed by atoms with Crippen LogP contribution < -0.4 is 11.1 Å². The maximum Gasteiger partial charge on any atom is 0.257 e. The number of nitrogens with two attached hydrogens (primary N) is 1. The first-order valence-corrected chi connectivity index (χ1v) is 5.67. The second-order valence-electron chi connectivity index (χ2n) is 3.79. The zero-order chi connectivity index (χ0) is 14.0. The number of amides is 1. The predicted molar refractivity (Wildman–Crippen MR) is 70.2 cm³/mol. The van der Waals surface area contributed by atoms with Crippen molar-refractivity contribution in [3.63, 3.8) is 0 Å². The molecule has 0 aromatic heterocycles. The van der Waals surface area contributed by atoms with Gasteiger partial charge in [0.2, 0.25) is 0 Å². The molecule has 2 aromatic carbocycles. The zero-order valence-corrected chi connectivity index (χ0v) is 10.3. The molecule has 0 spiro atoms. The van der Waals surface area contributed by atoms with Gasteiger partial charge < -0.3 is 11.1 Å². The maximum absolute atomic E-state index is 13.5. The van der Waals surface area contributed by atoms with Crippen molar-refractivity contribution >= 4 is 28.9 Å². The van der Waals surface area contributed by atoms with E-state index in [0.717, 1.165) is 6.07 Å². The number of rotatable bonds is 2. The highest BCUT2D eigenvalue weighted by atomic mass is 35.5. The van der Waals surface area contributed by atoms with Crippen LogP contribution in [0.2, 0.25) is 5.02 Å². The zero-order valence-electron chi connectivity index (χ0n) is 9.58. The Morgan fingerprint density at radius 3 is 2.53 bits per heavy atom. The Morgan fingerprint density at radius 2 is 1.84 bits per heavy atom. The third kappa shape index (κ3) is 2.82. The van der Waals surface area contributed by atoms with Crippen molar-refractivity contribution in [3.8, 4) is 0 Å². The lowest BCUT2D eigenvalue weighted by Gasteiger charge is -2.08. The standard InChI is InChI=1S/C13H9ClF2N2O/c14-8-4-2-1-3-7(8)13(19)18-12-6-11(17)9(15)5-10(12)16/h1-6H,17H2,(H,18,19). The number of hydrogen-bond donors (Lipinski definition) is 2. The molecule has 0 atom stereocenters. The fourth-order valence-corrected chi connectivity index (χ4v) is 1.72. The number of carbonyl (C=O) groups is 1. The van der Waals surface area contributed by atoms with Gasteiger partial charge in [0.25, 0.3) is 5.91 Å². The van der Waals surface area contributed by atoms with Gasteiger partial charge in [0.15, 0.2) is 0 Å². The minimum absolute atomic E-state index is 0.187. The van der Waals surface area contributed by atoms with Gasteiger partial charge in [-0.3, -0.25) is 4.79 Å². The largest absolute Gasteiger partial charge is 0.396 e. The van der Waals surface area contributed by atoms with Crippen LogP contribution in [-0.4, -0.2) is 5.91 Å². The van der Waals surface area contributed by atoms with Gasteiger partial charge in [0.1, 0.15) is 11.6 Å². The molecule has 2 aromatic rings. The molecule has 0 aliphatic rings. The maximum atomic E-state index is 13.5. The Morgan fingerprint density at radius 1 is 1.16 bits per heavy atom. The molecule has 3 N–H and O–H groups in total. The quantitative estimate of drug-likeness (QED) is 0.829. The Hall–Kier alpha value is -2.14. The Labute approximate surface area is 113 Å². The van der Waals surface area contributed by atoms with Crippen molar-refractivity contribution in [2.45, 2.75) is 0 Å². The summed E-state index contributed by atoms with van der Waals surface area (Å²) < 4.78 is 26.4. The first-order valence-electron chi connectivity index (χ1n) is 5.29. The van der Waals surface area contributed by atoms with E-state index in [0.29, 0.717) is 6.07 Å². The van der Waals surface area contributed by atoms with Gasteiger partial charge in [-0.05, 0) is 18.2 Å². The van der Waals surface area contributed by atoms with Crippen molar-refractivity contribution < 1.29 is 13.6 Å². The van der Waals surface area contributed by atoms with E-state index >= 15 is 0 Å². The van der Waals surface area contributed by atoms with Crippen LogP contribution in [0.25, 0.3) is 0 Å². The lowest BCUT2D eigenvalue weighted by molar-refractivity contribution is 0.102. The van der Waals surface area contributed by atoms with E-state index < -0.39 is 17.5 Å². The molecular weight excluding hydrogens is 274 g/mol. The van der Waals surface area contributed by atoms with Gasteiger partial charge in [-0.15, -0.1) is 0 Å². The number of hydrogen-bond acceptors (Lipinski definition) is 2. The van der Waals surface area contributed by atoms with Gasteiger partial charge >= 0.3 is 0 Å². The minimum atomic E-state index is -0.910. The highest BCUT2D eigenvalue weighted by molar-refractivity contribution is 6.34. The van der Waals surface area contributed by atoms with Gasteiger partial charge in [0, 0.05) is 6.07 Å². The Balaban J connectivity index is 2.30. The number of nitrogen functional groups attached to an aromatic ring is 1.